The van der Waals surface area contributed by atoms with Crippen LogP contribution in [0.4, 0.5) is 5.69 Å². The Morgan fingerprint density at radius 1 is 1.18 bits per heavy atom. The first-order valence-electron chi connectivity index (χ1n) is 10.5. The third-order valence-corrected chi connectivity index (χ3v) is 8.43. The molecule has 10 heteroatoms. The van der Waals surface area contributed by atoms with E-state index in [4.69, 9.17) is 27.9 Å². The molecule has 2 heterocycles. The Morgan fingerprint density at radius 2 is 2.03 bits per heavy atom. The van der Waals surface area contributed by atoms with Gasteiger partial charge >= 0.3 is 0 Å². The van der Waals surface area contributed by atoms with Crippen LogP contribution < -0.4 is 9.64 Å². The van der Waals surface area contributed by atoms with Crippen molar-refractivity contribution in [3.63, 3.8) is 0 Å². The van der Waals surface area contributed by atoms with Gasteiger partial charge in [-0.25, -0.2) is 13.4 Å². The SMILES string of the molecule is O=C(CCCOc1ccc(Cl)cc1Cl)N1CCCc2cc(S(=O)(=O)Cc3nccs3)ccc21. The summed E-state index contributed by atoms with van der Waals surface area (Å²) in [5.41, 5.74) is 1.65. The van der Waals surface area contributed by atoms with Crippen LogP contribution in [0.2, 0.25) is 10.0 Å². The maximum Gasteiger partial charge on any atom is 0.227 e. The number of thiazole rings is 1. The number of rotatable bonds is 8. The highest BCUT2D eigenvalue weighted by Crippen LogP contribution is 2.31. The number of aryl methyl sites for hydroxylation is 1. The molecule has 0 fully saturated rings. The van der Waals surface area contributed by atoms with E-state index in [1.54, 1.807) is 52.9 Å². The van der Waals surface area contributed by atoms with Gasteiger partial charge in [0.05, 0.1) is 16.5 Å². The number of aromatic nitrogens is 1. The third kappa shape index (κ3) is 5.87. The van der Waals surface area contributed by atoms with E-state index in [0.29, 0.717) is 46.8 Å². The number of benzene rings is 2. The van der Waals surface area contributed by atoms with E-state index < -0.39 is 9.84 Å². The van der Waals surface area contributed by atoms with Gasteiger partial charge < -0.3 is 9.64 Å². The van der Waals surface area contributed by atoms with Gasteiger partial charge in [0.2, 0.25) is 5.91 Å². The lowest BCUT2D eigenvalue weighted by atomic mass is 10.0. The topological polar surface area (TPSA) is 76.6 Å². The quantitative estimate of drug-likeness (QED) is 0.360. The van der Waals surface area contributed by atoms with Crippen molar-refractivity contribution in [2.45, 2.75) is 36.3 Å². The van der Waals surface area contributed by atoms with Gasteiger partial charge in [0.25, 0.3) is 0 Å². The van der Waals surface area contributed by atoms with Gasteiger partial charge in [-0.3, -0.25) is 4.79 Å². The Balaban J connectivity index is 1.38. The number of sulfone groups is 1. The summed E-state index contributed by atoms with van der Waals surface area (Å²) < 4.78 is 31.2. The van der Waals surface area contributed by atoms with Crippen LogP contribution in [0.15, 0.2) is 52.9 Å². The zero-order valence-corrected chi connectivity index (χ0v) is 20.8. The number of hydrogen-bond acceptors (Lipinski definition) is 6. The smallest absolute Gasteiger partial charge is 0.227 e. The van der Waals surface area contributed by atoms with Crippen molar-refractivity contribution in [1.29, 1.82) is 0 Å². The second-order valence-corrected chi connectivity index (χ2v) is 11.5. The molecule has 1 aromatic heterocycles. The number of hydrogen-bond donors (Lipinski definition) is 0. The summed E-state index contributed by atoms with van der Waals surface area (Å²) in [6.07, 6.45) is 3.96. The minimum Gasteiger partial charge on any atom is -0.492 e. The molecule has 0 saturated carbocycles. The molecular weight excluding hydrogens is 503 g/mol. The second kappa shape index (κ2) is 10.4. The highest BCUT2D eigenvalue weighted by molar-refractivity contribution is 7.90. The fraction of sp³-hybridized carbons (Fsp3) is 0.304. The van der Waals surface area contributed by atoms with Crippen LogP contribution in [-0.4, -0.2) is 32.5 Å². The highest BCUT2D eigenvalue weighted by atomic mass is 35.5. The average Bonchev–Trinajstić information content (AvgIpc) is 3.29. The first-order chi connectivity index (χ1) is 15.8. The van der Waals surface area contributed by atoms with Crippen LogP contribution in [0.3, 0.4) is 0 Å². The molecule has 0 aliphatic carbocycles. The molecular formula is C23H22Cl2N2O4S2. The predicted molar refractivity (Wildman–Crippen MR) is 131 cm³/mol. The molecule has 0 atom stereocenters. The molecule has 0 bridgehead atoms. The largest absolute Gasteiger partial charge is 0.492 e. The Morgan fingerprint density at radius 3 is 2.79 bits per heavy atom. The molecule has 1 aliphatic heterocycles. The second-order valence-electron chi connectivity index (χ2n) is 7.65. The lowest BCUT2D eigenvalue weighted by molar-refractivity contribution is -0.118. The first kappa shape index (κ1) is 24.0. The lowest BCUT2D eigenvalue weighted by Gasteiger charge is -2.30. The van der Waals surface area contributed by atoms with Crippen molar-refractivity contribution in [3.05, 3.63) is 68.6 Å². The fourth-order valence-corrected chi connectivity index (χ4v) is 6.49. The van der Waals surface area contributed by atoms with Crippen LogP contribution in [0.1, 0.15) is 29.8 Å². The Hall–Kier alpha value is -2.13. The van der Waals surface area contributed by atoms with E-state index in [2.05, 4.69) is 4.98 Å². The Labute approximate surface area is 207 Å². The average molecular weight is 525 g/mol. The van der Waals surface area contributed by atoms with E-state index in [-0.39, 0.29) is 16.6 Å². The Bertz CT molecular complexity index is 1250. The van der Waals surface area contributed by atoms with E-state index in [9.17, 15) is 13.2 Å². The van der Waals surface area contributed by atoms with Crippen molar-refractivity contribution < 1.29 is 17.9 Å². The van der Waals surface area contributed by atoms with Crippen molar-refractivity contribution in [2.75, 3.05) is 18.1 Å². The zero-order valence-electron chi connectivity index (χ0n) is 17.7. The Kier molecular flexibility index (Phi) is 7.58. The molecule has 0 unspecified atom stereocenters. The van der Waals surface area contributed by atoms with Crippen molar-refractivity contribution in [3.8, 4) is 5.75 Å². The molecule has 0 saturated heterocycles. The van der Waals surface area contributed by atoms with E-state index in [1.807, 2.05) is 0 Å². The van der Waals surface area contributed by atoms with Crippen molar-refractivity contribution >= 4 is 56.0 Å². The molecule has 0 radical (unpaired) electrons. The predicted octanol–water partition coefficient (Wildman–Crippen LogP) is 5.56. The molecule has 0 N–H and O–H groups in total. The summed E-state index contributed by atoms with van der Waals surface area (Å²) in [4.78, 5) is 19.0. The minimum atomic E-state index is -3.50. The van der Waals surface area contributed by atoms with Gasteiger partial charge in [0.1, 0.15) is 16.5 Å². The van der Waals surface area contributed by atoms with Gasteiger partial charge in [-0.1, -0.05) is 23.2 Å². The fourth-order valence-electron chi connectivity index (χ4n) is 3.73. The van der Waals surface area contributed by atoms with Gasteiger partial charge in [-0.05, 0) is 61.2 Å². The number of carbonyl (C=O) groups excluding carboxylic acids is 1. The normalized spacial score (nSPS) is 13.6. The zero-order chi connectivity index (χ0) is 23.4. The van der Waals surface area contributed by atoms with Gasteiger partial charge in [0, 0.05) is 35.3 Å². The van der Waals surface area contributed by atoms with Crippen LogP contribution in [0.5, 0.6) is 5.75 Å². The number of ether oxygens (including phenoxy) is 1. The van der Waals surface area contributed by atoms with E-state index in [1.165, 1.54) is 11.3 Å². The molecule has 0 spiro atoms. The molecule has 1 amide bonds. The van der Waals surface area contributed by atoms with Gasteiger partial charge in [-0.15, -0.1) is 11.3 Å². The van der Waals surface area contributed by atoms with Crippen LogP contribution in [-0.2, 0) is 26.8 Å². The summed E-state index contributed by atoms with van der Waals surface area (Å²) in [5, 5.41) is 3.28. The maximum atomic E-state index is 12.9. The van der Waals surface area contributed by atoms with E-state index >= 15 is 0 Å². The number of amides is 1. The summed E-state index contributed by atoms with van der Waals surface area (Å²) >= 11 is 13.3. The number of carbonyl (C=O) groups is 1. The lowest BCUT2D eigenvalue weighted by Crippen LogP contribution is -2.35. The standard InChI is InChI=1S/C23H22Cl2N2O4S2/c24-17-5-8-21(19(25)14-17)31-11-2-4-23(28)27-10-1-3-16-13-18(6-7-20(16)27)33(29,30)15-22-26-9-12-32-22/h5-9,12-14H,1-4,10-11,15H2. The summed E-state index contributed by atoms with van der Waals surface area (Å²) in [6.45, 7) is 0.961. The van der Waals surface area contributed by atoms with Crippen molar-refractivity contribution in [2.24, 2.45) is 0 Å². The highest BCUT2D eigenvalue weighted by Gasteiger charge is 2.25. The van der Waals surface area contributed by atoms with Gasteiger partial charge in [0.15, 0.2) is 9.84 Å². The van der Waals surface area contributed by atoms with E-state index in [0.717, 1.165) is 24.1 Å². The van der Waals surface area contributed by atoms with Crippen LogP contribution >= 0.6 is 34.5 Å². The minimum absolute atomic E-state index is 0.0138. The summed E-state index contributed by atoms with van der Waals surface area (Å²) in [5.74, 6) is 0.396. The van der Waals surface area contributed by atoms with Gasteiger partial charge in [-0.2, -0.15) is 0 Å². The maximum absolute atomic E-state index is 12.9. The van der Waals surface area contributed by atoms with Crippen molar-refractivity contribution in [1.82, 2.24) is 4.98 Å². The molecule has 6 nitrogen and oxygen atoms in total. The monoisotopic (exact) mass is 524 g/mol. The molecule has 1 aliphatic rings. The summed E-state index contributed by atoms with van der Waals surface area (Å²) in [7, 11) is -3.50. The number of halogens is 2. The number of fused-ring (bicyclic) bond motifs is 1. The summed E-state index contributed by atoms with van der Waals surface area (Å²) in [6, 6.07) is 10.0. The molecule has 174 valence electrons. The number of anilines is 1. The molecule has 33 heavy (non-hydrogen) atoms. The number of nitrogens with zero attached hydrogens (tertiary/aromatic N) is 2. The molecule has 2 aromatic carbocycles. The third-order valence-electron chi connectivity index (χ3n) is 5.31. The van der Waals surface area contributed by atoms with Crippen LogP contribution in [0.25, 0.3) is 0 Å². The molecule has 3 aromatic rings. The molecule has 4 rings (SSSR count). The first-order valence-corrected chi connectivity index (χ1v) is 13.7. The van der Waals surface area contributed by atoms with Crippen LogP contribution in [0, 0.1) is 0 Å².